The Labute approximate surface area is 148 Å². The molecule has 2 heterocycles. The molecule has 0 radical (unpaired) electrons. The Hall–Kier alpha value is -2.43. The molecule has 1 fully saturated rings. The van der Waals surface area contributed by atoms with Crippen LogP contribution in [0.25, 0.3) is 0 Å². The first kappa shape index (κ1) is 17.4. The molecule has 5 heteroatoms. The third-order valence-corrected chi connectivity index (χ3v) is 5.01. The van der Waals surface area contributed by atoms with E-state index in [2.05, 4.69) is 36.2 Å². The van der Waals surface area contributed by atoms with Gasteiger partial charge in [0.15, 0.2) is 5.82 Å². The van der Waals surface area contributed by atoms with Crippen molar-refractivity contribution < 1.29 is 9.59 Å². The number of hydrogen-bond donors (Lipinski definition) is 0. The van der Waals surface area contributed by atoms with Crippen LogP contribution >= 0.6 is 0 Å². The maximum absolute atomic E-state index is 12.8. The summed E-state index contributed by atoms with van der Waals surface area (Å²) in [5.41, 5.74) is 2.51. The molecule has 132 valence electrons. The summed E-state index contributed by atoms with van der Waals surface area (Å²) >= 11 is 0. The van der Waals surface area contributed by atoms with Crippen LogP contribution in [-0.2, 0) is 17.8 Å². The molecule has 1 saturated heterocycles. The zero-order valence-corrected chi connectivity index (χ0v) is 14.9. The first-order valence-electron chi connectivity index (χ1n) is 8.91. The number of carbonyl (C=O) groups is 2. The van der Waals surface area contributed by atoms with Crippen molar-refractivity contribution in [2.24, 2.45) is 5.92 Å². The molecule has 2 aromatic rings. The highest BCUT2D eigenvalue weighted by Gasteiger charge is 2.28. The summed E-state index contributed by atoms with van der Waals surface area (Å²) in [5.74, 6) is 0.715. The fraction of sp³-hybridized carbons (Fsp3) is 0.450. The van der Waals surface area contributed by atoms with Crippen molar-refractivity contribution in [3.63, 3.8) is 0 Å². The van der Waals surface area contributed by atoms with Crippen molar-refractivity contribution >= 4 is 11.7 Å². The van der Waals surface area contributed by atoms with Crippen molar-refractivity contribution in [2.75, 3.05) is 13.1 Å². The number of hydrogen-bond acceptors (Lipinski definition) is 3. The number of Topliss-reactive ketones (excluding diaryl/α,β-unsaturated/α-hetero) is 1. The molecule has 1 aromatic heterocycles. The van der Waals surface area contributed by atoms with Gasteiger partial charge in [-0.3, -0.25) is 9.59 Å². The van der Waals surface area contributed by atoms with E-state index in [9.17, 15) is 9.59 Å². The molecule has 3 rings (SSSR count). The molecule has 25 heavy (non-hydrogen) atoms. The zero-order valence-electron chi connectivity index (χ0n) is 14.9. The number of imidazole rings is 1. The number of nitrogens with zero attached hydrogens (tertiary/aromatic N) is 3. The SMILES string of the molecule is CC(=O)N1CCC(C(=O)c2nccn2CCc2ccc(C)cc2)CC1. The minimum absolute atomic E-state index is 0.0314. The van der Waals surface area contributed by atoms with E-state index in [1.165, 1.54) is 11.1 Å². The van der Waals surface area contributed by atoms with Crippen LogP contribution in [0, 0.1) is 12.8 Å². The molecular formula is C20H25N3O2. The summed E-state index contributed by atoms with van der Waals surface area (Å²) in [5, 5.41) is 0. The topological polar surface area (TPSA) is 55.2 Å². The van der Waals surface area contributed by atoms with Gasteiger partial charge in [0, 0.05) is 44.9 Å². The third kappa shape index (κ3) is 4.16. The Balaban J connectivity index is 1.62. The average Bonchev–Trinajstić information content (AvgIpc) is 3.09. The van der Waals surface area contributed by atoms with Crippen LogP contribution in [-0.4, -0.2) is 39.2 Å². The van der Waals surface area contributed by atoms with Gasteiger partial charge >= 0.3 is 0 Å². The Kier molecular flexibility index (Phi) is 5.31. The van der Waals surface area contributed by atoms with Crippen molar-refractivity contribution in [1.82, 2.24) is 14.5 Å². The van der Waals surface area contributed by atoms with Gasteiger partial charge in [-0.05, 0) is 31.7 Å². The quantitative estimate of drug-likeness (QED) is 0.787. The van der Waals surface area contributed by atoms with Crippen LogP contribution < -0.4 is 0 Å². The van der Waals surface area contributed by atoms with Crippen LogP contribution in [0.4, 0.5) is 0 Å². The summed E-state index contributed by atoms with van der Waals surface area (Å²) in [7, 11) is 0. The van der Waals surface area contributed by atoms with Crippen LogP contribution in [0.1, 0.15) is 41.5 Å². The molecule has 1 aliphatic heterocycles. The Bertz CT molecular complexity index is 741. The lowest BCUT2D eigenvalue weighted by molar-refractivity contribution is -0.130. The smallest absolute Gasteiger partial charge is 0.219 e. The number of carbonyl (C=O) groups excluding carboxylic acids is 2. The summed E-state index contributed by atoms with van der Waals surface area (Å²) in [6.07, 6.45) is 5.91. The standard InChI is InChI=1S/C20H25N3O2/c1-15-3-5-17(6-4-15)7-11-23-14-10-21-20(23)19(25)18-8-12-22(13-9-18)16(2)24/h3-6,10,14,18H,7-9,11-13H2,1-2H3. The summed E-state index contributed by atoms with van der Waals surface area (Å²) in [6, 6.07) is 8.48. The van der Waals surface area contributed by atoms with Gasteiger partial charge < -0.3 is 9.47 Å². The molecule has 1 aliphatic rings. The number of likely N-dealkylation sites (tertiary alicyclic amines) is 1. The van der Waals surface area contributed by atoms with Gasteiger partial charge in [-0.1, -0.05) is 29.8 Å². The van der Waals surface area contributed by atoms with E-state index >= 15 is 0 Å². The Morgan fingerprint density at radius 3 is 2.48 bits per heavy atom. The molecule has 5 nitrogen and oxygen atoms in total. The minimum Gasteiger partial charge on any atom is -0.343 e. The number of amides is 1. The lowest BCUT2D eigenvalue weighted by Gasteiger charge is -2.30. The van der Waals surface area contributed by atoms with Crippen LogP contribution in [0.3, 0.4) is 0 Å². The van der Waals surface area contributed by atoms with E-state index in [1.54, 1.807) is 13.1 Å². The highest BCUT2D eigenvalue weighted by atomic mass is 16.2. The Morgan fingerprint density at radius 2 is 1.84 bits per heavy atom. The van der Waals surface area contributed by atoms with E-state index < -0.39 is 0 Å². The molecule has 0 bridgehead atoms. The first-order chi connectivity index (χ1) is 12.0. The molecule has 0 atom stereocenters. The zero-order chi connectivity index (χ0) is 17.8. The van der Waals surface area contributed by atoms with Gasteiger partial charge in [-0.15, -0.1) is 0 Å². The van der Waals surface area contributed by atoms with E-state index in [4.69, 9.17) is 0 Å². The molecule has 1 aromatic carbocycles. The van der Waals surface area contributed by atoms with Gasteiger partial charge in [-0.25, -0.2) is 4.98 Å². The largest absolute Gasteiger partial charge is 0.343 e. The number of benzene rings is 1. The second kappa shape index (κ2) is 7.64. The first-order valence-corrected chi connectivity index (χ1v) is 8.91. The maximum atomic E-state index is 12.8. The maximum Gasteiger partial charge on any atom is 0.219 e. The van der Waals surface area contributed by atoms with Gasteiger partial charge in [0.05, 0.1) is 0 Å². The summed E-state index contributed by atoms with van der Waals surface area (Å²) in [4.78, 5) is 30.4. The molecule has 0 spiro atoms. The third-order valence-electron chi connectivity index (χ3n) is 5.01. The fourth-order valence-corrected chi connectivity index (χ4v) is 3.36. The molecule has 0 aliphatic carbocycles. The van der Waals surface area contributed by atoms with E-state index in [0.717, 1.165) is 25.8 Å². The van der Waals surface area contributed by atoms with E-state index in [-0.39, 0.29) is 17.6 Å². The summed E-state index contributed by atoms with van der Waals surface area (Å²) in [6.45, 7) is 5.73. The minimum atomic E-state index is -0.0314. The molecule has 1 amide bonds. The second-order valence-corrected chi connectivity index (χ2v) is 6.82. The van der Waals surface area contributed by atoms with Crippen LogP contribution in [0.15, 0.2) is 36.7 Å². The van der Waals surface area contributed by atoms with Crippen molar-refractivity contribution in [3.05, 3.63) is 53.6 Å². The predicted octanol–water partition coefficient (Wildman–Crippen LogP) is 2.88. The number of rotatable bonds is 5. The van der Waals surface area contributed by atoms with Gasteiger partial charge in [0.25, 0.3) is 0 Å². The van der Waals surface area contributed by atoms with E-state index in [1.807, 2.05) is 15.7 Å². The lowest BCUT2D eigenvalue weighted by atomic mass is 9.92. The number of piperidine rings is 1. The van der Waals surface area contributed by atoms with Crippen LogP contribution in [0.2, 0.25) is 0 Å². The predicted molar refractivity (Wildman–Crippen MR) is 96.4 cm³/mol. The summed E-state index contributed by atoms with van der Waals surface area (Å²) < 4.78 is 1.96. The van der Waals surface area contributed by atoms with Gasteiger partial charge in [0.1, 0.15) is 0 Å². The molecule has 0 unspecified atom stereocenters. The molecule has 0 N–H and O–H groups in total. The monoisotopic (exact) mass is 339 g/mol. The van der Waals surface area contributed by atoms with Crippen molar-refractivity contribution in [3.8, 4) is 0 Å². The number of ketones is 1. The molecule has 0 saturated carbocycles. The number of aryl methyl sites for hydroxylation is 3. The van der Waals surface area contributed by atoms with Crippen LogP contribution in [0.5, 0.6) is 0 Å². The van der Waals surface area contributed by atoms with Gasteiger partial charge in [0.2, 0.25) is 11.7 Å². The Morgan fingerprint density at radius 1 is 1.16 bits per heavy atom. The highest BCUT2D eigenvalue weighted by molar-refractivity contribution is 5.95. The normalized spacial score (nSPS) is 15.4. The molecular weight excluding hydrogens is 314 g/mol. The van der Waals surface area contributed by atoms with Crippen molar-refractivity contribution in [1.29, 1.82) is 0 Å². The van der Waals surface area contributed by atoms with Gasteiger partial charge in [-0.2, -0.15) is 0 Å². The fourth-order valence-electron chi connectivity index (χ4n) is 3.36. The van der Waals surface area contributed by atoms with Crippen molar-refractivity contribution in [2.45, 2.75) is 39.7 Å². The second-order valence-electron chi connectivity index (χ2n) is 6.82. The highest BCUT2D eigenvalue weighted by Crippen LogP contribution is 2.21. The lowest BCUT2D eigenvalue weighted by Crippen LogP contribution is -2.39. The average molecular weight is 339 g/mol. The van der Waals surface area contributed by atoms with E-state index in [0.29, 0.717) is 18.9 Å². The number of aromatic nitrogens is 2.